The first kappa shape index (κ1) is 19.6. The topological polar surface area (TPSA) is 74.2 Å². The molecule has 0 unspecified atom stereocenters. The van der Waals surface area contributed by atoms with Crippen molar-refractivity contribution in [3.63, 3.8) is 0 Å². The maximum absolute atomic E-state index is 12.2. The molecule has 0 bridgehead atoms. The van der Waals surface area contributed by atoms with Crippen LogP contribution >= 0.6 is 11.3 Å². The SMILES string of the molecule is COc1cc(/C=C2/N=C(c3ccc(C)cc3)OC2=O)ccc1OC(=O)c1cccs1. The minimum Gasteiger partial charge on any atom is -0.493 e. The number of cyclic esters (lactones) is 1. The molecule has 6 nitrogen and oxygen atoms in total. The van der Waals surface area contributed by atoms with Crippen LogP contribution in [0.4, 0.5) is 0 Å². The molecule has 150 valence electrons. The van der Waals surface area contributed by atoms with E-state index in [0.717, 1.165) is 11.1 Å². The second-order valence-corrected chi connectivity index (χ2v) is 7.43. The lowest BCUT2D eigenvalue weighted by atomic mass is 10.1. The lowest BCUT2D eigenvalue weighted by Gasteiger charge is -2.09. The van der Waals surface area contributed by atoms with Gasteiger partial charge in [-0.3, -0.25) is 0 Å². The first-order chi connectivity index (χ1) is 14.5. The fourth-order valence-electron chi connectivity index (χ4n) is 2.79. The number of hydrogen-bond acceptors (Lipinski definition) is 7. The van der Waals surface area contributed by atoms with Crippen molar-refractivity contribution < 1.29 is 23.8 Å². The first-order valence-electron chi connectivity index (χ1n) is 9.07. The van der Waals surface area contributed by atoms with Crippen LogP contribution in [-0.2, 0) is 9.53 Å². The van der Waals surface area contributed by atoms with E-state index in [2.05, 4.69) is 4.99 Å². The molecule has 1 aliphatic heterocycles. The van der Waals surface area contributed by atoms with Gasteiger partial charge < -0.3 is 14.2 Å². The van der Waals surface area contributed by atoms with E-state index in [1.807, 2.05) is 31.2 Å². The number of aliphatic imine (C=N–C) groups is 1. The minimum atomic E-state index is -0.530. The van der Waals surface area contributed by atoms with Gasteiger partial charge in [0.25, 0.3) is 0 Å². The number of carbonyl (C=O) groups excluding carboxylic acids is 2. The Morgan fingerprint density at radius 2 is 1.90 bits per heavy atom. The highest BCUT2D eigenvalue weighted by Gasteiger charge is 2.24. The molecule has 2 aromatic carbocycles. The van der Waals surface area contributed by atoms with Crippen molar-refractivity contribution in [2.24, 2.45) is 4.99 Å². The van der Waals surface area contributed by atoms with Crippen LogP contribution in [-0.4, -0.2) is 24.9 Å². The van der Waals surface area contributed by atoms with Crippen molar-refractivity contribution in [3.8, 4) is 11.5 Å². The van der Waals surface area contributed by atoms with Gasteiger partial charge in [-0.15, -0.1) is 11.3 Å². The quantitative estimate of drug-likeness (QED) is 0.342. The standard InChI is InChI=1S/C23H17NO5S/c1-14-5-8-16(9-6-14)21-24-17(22(25)29-21)12-15-7-10-18(19(13-15)27-2)28-23(26)20-4-3-11-30-20/h3-13H,1-2H3/b17-12+. The van der Waals surface area contributed by atoms with E-state index in [0.29, 0.717) is 16.2 Å². The summed E-state index contributed by atoms with van der Waals surface area (Å²) in [4.78, 5) is 29.2. The number of aryl methyl sites for hydroxylation is 1. The van der Waals surface area contributed by atoms with Gasteiger partial charge in [0, 0.05) is 5.56 Å². The predicted molar refractivity (Wildman–Crippen MR) is 114 cm³/mol. The van der Waals surface area contributed by atoms with Gasteiger partial charge in [0.05, 0.1) is 7.11 Å². The van der Waals surface area contributed by atoms with Gasteiger partial charge in [-0.2, -0.15) is 0 Å². The summed E-state index contributed by atoms with van der Waals surface area (Å²) in [6, 6.07) is 16.0. The molecule has 30 heavy (non-hydrogen) atoms. The number of thiophene rings is 1. The van der Waals surface area contributed by atoms with Crippen LogP contribution in [0.3, 0.4) is 0 Å². The van der Waals surface area contributed by atoms with E-state index in [-0.39, 0.29) is 17.3 Å². The van der Waals surface area contributed by atoms with Crippen LogP contribution in [0.15, 0.2) is 70.7 Å². The summed E-state index contributed by atoms with van der Waals surface area (Å²) in [5.41, 5.74) is 2.66. The molecule has 7 heteroatoms. The average Bonchev–Trinajstić information content (AvgIpc) is 3.40. The molecule has 4 rings (SSSR count). The highest BCUT2D eigenvalue weighted by Crippen LogP contribution is 2.31. The summed E-state index contributed by atoms with van der Waals surface area (Å²) in [6.07, 6.45) is 1.59. The Morgan fingerprint density at radius 3 is 2.60 bits per heavy atom. The number of rotatable bonds is 5. The van der Waals surface area contributed by atoms with Crippen molar-refractivity contribution in [2.45, 2.75) is 6.92 Å². The number of methoxy groups -OCH3 is 1. The molecule has 0 amide bonds. The number of benzene rings is 2. The zero-order valence-electron chi connectivity index (χ0n) is 16.2. The van der Waals surface area contributed by atoms with Crippen molar-refractivity contribution in [1.82, 2.24) is 0 Å². The van der Waals surface area contributed by atoms with Crippen molar-refractivity contribution in [3.05, 3.63) is 87.2 Å². The van der Waals surface area contributed by atoms with Gasteiger partial charge in [-0.05, 0) is 54.3 Å². The zero-order chi connectivity index (χ0) is 21.1. The normalized spacial score (nSPS) is 14.4. The lowest BCUT2D eigenvalue weighted by molar-refractivity contribution is -0.129. The maximum atomic E-state index is 12.2. The molecule has 0 saturated heterocycles. The van der Waals surface area contributed by atoms with Crippen LogP contribution in [0, 0.1) is 6.92 Å². The van der Waals surface area contributed by atoms with Gasteiger partial charge in [-0.1, -0.05) is 29.8 Å². The van der Waals surface area contributed by atoms with Gasteiger partial charge >= 0.3 is 11.9 Å². The summed E-state index contributed by atoms with van der Waals surface area (Å²) >= 11 is 1.30. The molecule has 0 fully saturated rings. The van der Waals surface area contributed by atoms with E-state index >= 15 is 0 Å². The molecular formula is C23H17NO5S. The van der Waals surface area contributed by atoms with Crippen LogP contribution in [0.2, 0.25) is 0 Å². The zero-order valence-corrected chi connectivity index (χ0v) is 17.1. The summed E-state index contributed by atoms with van der Waals surface area (Å²) in [7, 11) is 1.48. The van der Waals surface area contributed by atoms with E-state index in [4.69, 9.17) is 14.2 Å². The Hall–Kier alpha value is -3.71. The lowest BCUT2D eigenvalue weighted by Crippen LogP contribution is -2.07. The Kier molecular flexibility index (Phi) is 5.45. The average molecular weight is 419 g/mol. The smallest absolute Gasteiger partial charge is 0.363 e. The second kappa shape index (κ2) is 8.34. The van der Waals surface area contributed by atoms with Crippen molar-refractivity contribution in [1.29, 1.82) is 0 Å². The third-order valence-electron chi connectivity index (χ3n) is 4.34. The monoisotopic (exact) mass is 419 g/mol. The predicted octanol–water partition coefficient (Wildman–Crippen LogP) is 4.63. The van der Waals surface area contributed by atoms with Gasteiger partial charge in [0.15, 0.2) is 17.2 Å². The fraction of sp³-hybridized carbons (Fsp3) is 0.0870. The Bertz CT molecular complexity index is 1160. The first-order valence-corrected chi connectivity index (χ1v) is 9.95. The number of ether oxygens (including phenoxy) is 3. The number of nitrogens with zero attached hydrogens (tertiary/aromatic N) is 1. The summed E-state index contributed by atoms with van der Waals surface area (Å²) in [5.74, 6) is -0.0715. The van der Waals surface area contributed by atoms with Crippen LogP contribution in [0.25, 0.3) is 6.08 Å². The summed E-state index contributed by atoms with van der Waals surface area (Å²) < 4.78 is 16.0. The highest BCUT2D eigenvalue weighted by molar-refractivity contribution is 7.12. The molecule has 1 aliphatic rings. The number of esters is 2. The van der Waals surface area contributed by atoms with Gasteiger partial charge in [-0.25, -0.2) is 14.6 Å². The van der Waals surface area contributed by atoms with Gasteiger partial charge in [0.1, 0.15) is 4.88 Å². The molecule has 0 N–H and O–H groups in total. The molecule has 1 aromatic heterocycles. The largest absolute Gasteiger partial charge is 0.493 e. The third-order valence-corrected chi connectivity index (χ3v) is 5.19. The molecule has 0 radical (unpaired) electrons. The molecule has 3 aromatic rings. The third kappa shape index (κ3) is 4.16. The fourth-order valence-corrected chi connectivity index (χ4v) is 3.39. The van der Waals surface area contributed by atoms with Crippen LogP contribution in [0.1, 0.15) is 26.4 Å². The van der Waals surface area contributed by atoms with Gasteiger partial charge in [0.2, 0.25) is 5.90 Å². The minimum absolute atomic E-state index is 0.177. The van der Waals surface area contributed by atoms with E-state index in [1.54, 1.807) is 41.8 Å². The highest BCUT2D eigenvalue weighted by atomic mass is 32.1. The summed E-state index contributed by atoms with van der Waals surface area (Å²) in [5, 5.41) is 1.80. The van der Waals surface area contributed by atoms with Crippen molar-refractivity contribution >= 4 is 35.2 Å². The summed E-state index contributed by atoms with van der Waals surface area (Å²) in [6.45, 7) is 1.98. The Balaban J connectivity index is 1.58. The van der Waals surface area contributed by atoms with E-state index in [9.17, 15) is 9.59 Å². The molecule has 0 atom stereocenters. The Labute approximate surface area is 177 Å². The second-order valence-electron chi connectivity index (χ2n) is 6.48. The number of carbonyl (C=O) groups is 2. The molecule has 2 heterocycles. The van der Waals surface area contributed by atoms with Crippen molar-refractivity contribution in [2.75, 3.05) is 7.11 Å². The molecule has 0 saturated carbocycles. The molecular weight excluding hydrogens is 402 g/mol. The molecule has 0 aliphatic carbocycles. The maximum Gasteiger partial charge on any atom is 0.363 e. The van der Waals surface area contributed by atoms with E-state index < -0.39 is 11.9 Å². The molecule has 0 spiro atoms. The van der Waals surface area contributed by atoms with Crippen LogP contribution < -0.4 is 9.47 Å². The number of hydrogen-bond donors (Lipinski definition) is 0. The van der Waals surface area contributed by atoms with Crippen LogP contribution in [0.5, 0.6) is 11.5 Å². The van der Waals surface area contributed by atoms with E-state index in [1.165, 1.54) is 18.4 Å². The Morgan fingerprint density at radius 1 is 1.10 bits per heavy atom.